The first-order valence-electron chi connectivity index (χ1n) is 8.15. The zero-order valence-corrected chi connectivity index (χ0v) is 15.0. The number of hydrogen-bond donors (Lipinski definition) is 0. The Morgan fingerprint density at radius 1 is 1.04 bits per heavy atom. The average Bonchev–Trinajstić information content (AvgIpc) is 2.61. The second-order valence-electron chi connectivity index (χ2n) is 6.67. The van der Waals surface area contributed by atoms with Crippen LogP contribution in [-0.2, 0) is 11.8 Å². The first-order valence-corrected chi connectivity index (χ1v) is 8.52. The summed E-state index contributed by atoms with van der Waals surface area (Å²) in [5, 5.41) is 9.13. The third-order valence-electron chi connectivity index (χ3n) is 4.32. The molecule has 0 bridgehead atoms. The first kappa shape index (κ1) is 17.5. The van der Waals surface area contributed by atoms with Crippen molar-refractivity contribution in [2.75, 3.05) is 0 Å². The van der Waals surface area contributed by atoms with Gasteiger partial charge in [0.05, 0.1) is 11.9 Å². The van der Waals surface area contributed by atoms with E-state index in [1.54, 1.807) is 6.20 Å². The van der Waals surface area contributed by atoms with Gasteiger partial charge in [-0.25, -0.2) is 9.37 Å². The molecule has 1 aromatic heterocycles. The molecule has 2 aromatic carbocycles. The summed E-state index contributed by atoms with van der Waals surface area (Å²) in [5.74, 6) is 0.343. The minimum atomic E-state index is -0.216. The second kappa shape index (κ2) is 7.28. The molecule has 0 aliphatic carbocycles. The van der Waals surface area contributed by atoms with E-state index in [1.165, 1.54) is 12.1 Å². The van der Waals surface area contributed by atoms with E-state index in [0.717, 1.165) is 29.7 Å². The van der Waals surface area contributed by atoms with E-state index in [0.29, 0.717) is 10.8 Å². The molecule has 3 aromatic rings. The lowest BCUT2D eigenvalue weighted by Crippen LogP contribution is -2.18. The van der Waals surface area contributed by atoms with Crippen LogP contribution in [0.4, 0.5) is 4.39 Å². The van der Waals surface area contributed by atoms with Gasteiger partial charge in [0.15, 0.2) is 5.82 Å². The predicted molar refractivity (Wildman–Crippen MR) is 98.0 cm³/mol. The van der Waals surface area contributed by atoms with Gasteiger partial charge < -0.3 is 0 Å². The molecule has 0 saturated heterocycles. The predicted octanol–water partition coefficient (Wildman–Crippen LogP) is 5.24. The molecule has 0 radical (unpaired) electrons. The molecule has 5 heteroatoms. The maximum atomic E-state index is 13.1. The molecule has 0 N–H and O–H groups in total. The van der Waals surface area contributed by atoms with E-state index in [2.05, 4.69) is 29.0 Å². The van der Waals surface area contributed by atoms with Crippen molar-refractivity contribution in [1.82, 2.24) is 15.2 Å². The van der Waals surface area contributed by atoms with Gasteiger partial charge in [0.1, 0.15) is 5.82 Å². The second-order valence-corrected chi connectivity index (χ2v) is 7.11. The lowest BCUT2D eigenvalue weighted by Gasteiger charge is -2.25. The van der Waals surface area contributed by atoms with E-state index in [9.17, 15) is 4.39 Å². The molecule has 128 valence electrons. The topological polar surface area (TPSA) is 38.7 Å². The Kier molecular flexibility index (Phi) is 5.09. The van der Waals surface area contributed by atoms with E-state index in [-0.39, 0.29) is 11.2 Å². The molecule has 0 saturated carbocycles. The summed E-state index contributed by atoms with van der Waals surface area (Å²) in [7, 11) is 0. The Hall–Kier alpha value is -2.33. The highest BCUT2D eigenvalue weighted by molar-refractivity contribution is 6.30. The highest BCUT2D eigenvalue weighted by atomic mass is 35.5. The lowest BCUT2D eigenvalue weighted by atomic mass is 9.80. The van der Waals surface area contributed by atoms with Crippen LogP contribution in [0, 0.1) is 5.82 Å². The molecule has 0 unspecified atom stereocenters. The SMILES string of the molecule is CC(C)(CCc1cnc(-c2cccc(Cl)c2)nn1)c1ccc(F)cc1. The molecular weight excluding hydrogens is 337 g/mol. The summed E-state index contributed by atoms with van der Waals surface area (Å²) >= 11 is 5.99. The van der Waals surface area contributed by atoms with E-state index in [1.807, 2.05) is 36.4 Å². The molecule has 0 fully saturated rings. The fourth-order valence-electron chi connectivity index (χ4n) is 2.66. The normalized spacial score (nSPS) is 11.5. The van der Waals surface area contributed by atoms with Gasteiger partial charge in [-0.15, -0.1) is 5.10 Å². The maximum Gasteiger partial charge on any atom is 0.181 e. The largest absolute Gasteiger partial charge is 0.233 e. The van der Waals surface area contributed by atoms with Crippen LogP contribution in [0.5, 0.6) is 0 Å². The van der Waals surface area contributed by atoms with Crippen molar-refractivity contribution in [1.29, 1.82) is 0 Å². The summed E-state index contributed by atoms with van der Waals surface area (Å²) in [6, 6.07) is 14.1. The Balaban J connectivity index is 1.68. The van der Waals surface area contributed by atoms with Gasteiger partial charge >= 0.3 is 0 Å². The minimum Gasteiger partial charge on any atom is -0.233 e. The summed E-state index contributed by atoms with van der Waals surface area (Å²) in [5.41, 5.74) is 2.70. The molecule has 0 spiro atoms. The number of rotatable bonds is 5. The Morgan fingerprint density at radius 2 is 1.80 bits per heavy atom. The Morgan fingerprint density at radius 3 is 2.44 bits per heavy atom. The van der Waals surface area contributed by atoms with Crippen molar-refractivity contribution >= 4 is 11.6 Å². The number of halogens is 2. The minimum absolute atomic E-state index is 0.0823. The van der Waals surface area contributed by atoms with Crippen LogP contribution in [0.15, 0.2) is 54.7 Å². The number of benzene rings is 2. The third kappa shape index (κ3) is 4.40. The van der Waals surface area contributed by atoms with E-state index < -0.39 is 0 Å². The molecule has 0 atom stereocenters. The van der Waals surface area contributed by atoms with Gasteiger partial charge in [0, 0.05) is 10.6 Å². The summed E-state index contributed by atoms with van der Waals surface area (Å²) in [4.78, 5) is 4.39. The van der Waals surface area contributed by atoms with E-state index >= 15 is 0 Å². The van der Waals surface area contributed by atoms with Gasteiger partial charge in [-0.2, -0.15) is 5.10 Å². The number of nitrogens with zero attached hydrogens (tertiary/aromatic N) is 3. The van der Waals surface area contributed by atoms with Crippen LogP contribution in [0.25, 0.3) is 11.4 Å². The zero-order valence-electron chi connectivity index (χ0n) is 14.2. The van der Waals surface area contributed by atoms with Crippen LogP contribution in [0.1, 0.15) is 31.5 Å². The molecule has 0 aliphatic rings. The molecular formula is C20H19ClFN3. The Bertz CT molecular complexity index is 846. The van der Waals surface area contributed by atoms with Crippen molar-refractivity contribution in [2.24, 2.45) is 0 Å². The van der Waals surface area contributed by atoms with Crippen LogP contribution in [0.2, 0.25) is 5.02 Å². The first-order chi connectivity index (χ1) is 11.9. The van der Waals surface area contributed by atoms with Gasteiger partial charge in [0.2, 0.25) is 0 Å². The lowest BCUT2D eigenvalue weighted by molar-refractivity contribution is 0.474. The fraction of sp³-hybridized carbons (Fsp3) is 0.250. The molecule has 3 nitrogen and oxygen atoms in total. The fourth-order valence-corrected chi connectivity index (χ4v) is 2.85. The Labute approximate surface area is 151 Å². The van der Waals surface area contributed by atoms with Crippen LogP contribution in [0.3, 0.4) is 0 Å². The van der Waals surface area contributed by atoms with Crippen molar-refractivity contribution < 1.29 is 4.39 Å². The monoisotopic (exact) mass is 355 g/mol. The summed E-state index contributed by atoms with van der Waals surface area (Å²) in [6.07, 6.45) is 3.37. The van der Waals surface area contributed by atoms with Crippen LogP contribution < -0.4 is 0 Å². The van der Waals surface area contributed by atoms with Crippen LogP contribution >= 0.6 is 11.6 Å². The molecule has 3 rings (SSSR count). The summed E-state index contributed by atoms with van der Waals surface area (Å²) < 4.78 is 13.1. The van der Waals surface area contributed by atoms with Crippen molar-refractivity contribution in [2.45, 2.75) is 32.1 Å². The number of aromatic nitrogens is 3. The standard InChI is InChI=1S/C20H19ClFN3/c1-20(2,15-6-8-17(22)9-7-15)11-10-18-13-23-19(25-24-18)14-4-3-5-16(21)12-14/h3-9,12-13H,10-11H2,1-2H3. The third-order valence-corrected chi connectivity index (χ3v) is 4.56. The maximum absolute atomic E-state index is 13.1. The molecule has 25 heavy (non-hydrogen) atoms. The summed E-state index contributed by atoms with van der Waals surface area (Å²) in [6.45, 7) is 4.28. The quantitative estimate of drug-likeness (QED) is 0.628. The van der Waals surface area contributed by atoms with Crippen LogP contribution in [-0.4, -0.2) is 15.2 Å². The smallest absolute Gasteiger partial charge is 0.181 e. The molecule has 0 amide bonds. The highest BCUT2D eigenvalue weighted by Gasteiger charge is 2.21. The van der Waals surface area contributed by atoms with Gasteiger partial charge in [-0.05, 0) is 48.1 Å². The van der Waals surface area contributed by atoms with E-state index in [4.69, 9.17) is 11.6 Å². The van der Waals surface area contributed by atoms with Gasteiger partial charge in [0.25, 0.3) is 0 Å². The number of aryl methyl sites for hydroxylation is 1. The van der Waals surface area contributed by atoms with Crippen molar-refractivity contribution in [3.8, 4) is 11.4 Å². The average molecular weight is 356 g/mol. The van der Waals surface area contributed by atoms with Gasteiger partial charge in [-0.1, -0.05) is 49.7 Å². The van der Waals surface area contributed by atoms with Crippen molar-refractivity contribution in [3.63, 3.8) is 0 Å². The van der Waals surface area contributed by atoms with Crippen molar-refractivity contribution in [3.05, 3.63) is 76.8 Å². The highest BCUT2D eigenvalue weighted by Crippen LogP contribution is 2.28. The molecule has 0 aliphatic heterocycles. The molecule has 1 heterocycles. The van der Waals surface area contributed by atoms with Gasteiger partial charge in [-0.3, -0.25) is 0 Å². The number of hydrogen-bond acceptors (Lipinski definition) is 3. The zero-order chi connectivity index (χ0) is 17.9.